The molecule has 0 bridgehead atoms. The highest BCUT2D eigenvalue weighted by Gasteiger charge is 2.26. The SMILES string of the molecule is C[C@H](OC(=O)C[C@@H]1CCCO1)c1c(F)cccc1N1CCOCC1. The van der Waals surface area contributed by atoms with Crippen LogP contribution in [0.3, 0.4) is 0 Å². The minimum absolute atomic E-state index is 0.0657. The largest absolute Gasteiger partial charge is 0.458 e. The Hall–Kier alpha value is -1.66. The van der Waals surface area contributed by atoms with Gasteiger partial charge in [0.05, 0.1) is 31.3 Å². The van der Waals surface area contributed by atoms with Crippen LogP contribution in [0.15, 0.2) is 18.2 Å². The van der Waals surface area contributed by atoms with Crippen LogP contribution < -0.4 is 4.90 Å². The molecule has 2 heterocycles. The van der Waals surface area contributed by atoms with Crippen molar-refractivity contribution in [3.05, 3.63) is 29.6 Å². The number of carbonyl (C=O) groups excluding carboxylic acids is 1. The first kappa shape index (κ1) is 17.2. The minimum atomic E-state index is -0.641. The van der Waals surface area contributed by atoms with Crippen LogP contribution in [-0.4, -0.2) is 45.0 Å². The summed E-state index contributed by atoms with van der Waals surface area (Å²) < 4.78 is 30.7. The van der Waals surface area contributed by atoms with Gasteiger partial charge in [-0.1, -0.05) is 6.07 Å². The zero-order valence-corrected chi connectivity index (χ0v) is 14.0. The lowest BCUT2D eigenvalue weighted by Gasteiger charge is -2.32. The second kappa shape index (κ2) is 7.94. The summed E-state index contributed by atoms with van der Waals surface area (Å²) in [5.74, 6) is -0.693. The topological polar surface area (TPSA) is 48.0 Å². The van der Waals surface area contributed by atoms with Crippen molar-refractivity contribution in [2.75, 3.05) is 37.8 Å². The zero-order chi connectivity index (χ0) is 16.9. The number of halogens is 1. The number of carbonyl (C=O) groups is 1. The van der Waals surface area contributed by atoms with Gasteiger partial charge in [-0.15, -0.1) is 0 Å². The highest BCUT2D eigenvalue weighted by molar-refractivity contribution is 5.71. The zero-order valence-electron chi connectivity index (χ0n) is 14.0. The van der Waals surface area contributed by atoms with E-state index in [4.69, 9.17) is 14.2 Å². The quantitative estimate of drug-likeness (QED) is 0.773. The van der Waals surface area contributed by atoms with Crippen LogP contribution in [0.1, 0.15) is 37.9 Å². The molecule has 1 aromatic carbocycles. The molecule has 0 aromatic heterocycles. The van der Waals surface area contributed by atoms with Gasteiger partial charge >= 0.3 is 5.97 Å². The van der Waals surface area contributed by atoms with Crippen molar-refractivity contribution < 1.29 is 23.4 Å². The first-order chi connectivity index (χ1) is 11.6. The van der Waals surface area contributed by atoms with Gasteiger partial charge in [0, 0.05) is 25.4 Å². The highest BCUT2D eigenvalue weighted by atomic mass is 19.1. The summed E-state index contributed by atoms with van der Waals surface area (Å²) >= 11 is 0. The molecular formula is C18H24FNO4. The van der Waals surface area contributed by atoms with E-state index in [0.717, 1.165) is 18.5 Å². The molecule has 0 spiro atoms. The molecule has 2 aliphatic heterocycles. The van der Waals surface area contributed by atoms with E-state index in [1.54, 1.807) is 13.0 Å². The molecule has 24 heavy (non-hydrogen) atoms. The fourth-order valence-corrected chi connectivity index (χ4v) is 3.30. The normalized spacial score (nSPS) is 22.4. The number of rotatable bonds is 5. The van der Waals surface area contributed by atoms with Crippen LogP contribution in [0.5, 0.6) is 0 Å². The van der Waals surface area contributed by atoms with Crippen LogP contribution in [0.25, 0.3) is 0 Å². The molecule has 5 nitrogen and oxygen atoms in total. The molecule has 6 heteroatoms. The number of ether oxygens (including phenoxy) is 3. The maximum absolute atomic E-state index is 14.4. The van der Waals surface area contributed by atoms with E-state index >= 15 is 0 Å². The first-order valence-corrected chi connectivity index (χ1v) is 8.57. The van der Waals surface area contributed by atoms with Crippen LogP contribution in [0.2, 0.25) is 0 Å². The number of nitrogens with zero attached hydrogens (tertiary/aromatic N) is 1. The maximum Gasteiger partial charge on any atom is 0.309 e. The molecule has 0 unspecified atom stereocenters. The Morgan fingerprint density at radius 1 is 1.38 bits per heavy atom. The second-order valence-corrected chi connectivity index (χ2v) is 6.24. The van der Waals surface area contributed by atoms with E-state index in [0.29, 0.717) is 38.5 Å². The van der Waals surface area contributed by atoms with Gasteiger partial charge in [-0.25, -0.2) is 4.39 Å². The van der Waals surface area contributed by atoms with E-state index in [-0.39, 0.29) is 24.3 Å². The summed E-state index contributed by atoms with van der Waals surface area (Å²) in [4.78, 5) is 14.2. The number of benzene rings is 1. The van der Waals surface area contributed by atoms with Gasteiger partial charge in [0.15, 0.2) is 0 Å². The molecule has 3 rings (SSSR count). The van der Waals surface area contributed by atoms with Crippen molar-refractivity contribution >= 4 is 11.7 Å². The number of hydrogen-bond acceptors (Lipinski definition) is 5. The smallest absolute Gasteiger partial charge is 0.309 e. The molecule has 2 aliphatic rings. The Morgan fingerprint density at radius 3 is 2.88 bits per heavy atom. The monoisotopic (exact) mass is 337 g/mol. The third-order valence-corrected chi connectivity index (χ3v) is 4.51. The molecule has 0 saturated carbocycles. The fourth-order valence-electron chi connectivity index (χ4n) is 3.30. The van der Waals surface area contributed by atoms with Crippen LogP contribution in [0.4, 0.5) is 10.1 Å². The number of morpholine rings is 1. The molecule has 0 amide bonds. The average Bonchev–Trinajstić information content (AvgIpc) is 3.08. The van der Waals surface area contributed by atoms with Crippen LogP contribution in [0, 0.1) is 5.82 Å². The summed E-state index contributed by atoms with van der Waals surface area (Å²) in [6.45, 7) is 5.05. The van der Waals surface area contributed by atoms with Gasteiger partial charge in [-0.3, -0.25) is 4.79 Å². The van der Waals surface area contributed by atoms with Gasteiger partial charge in [-0.2, -0.15) is 0 Å². The number of hydrogen-bond donors (Lipinski definition) is 0. The molecule has 1 aromatic rings. The van der Waals surface area contributed by atoms with E-state index < -0.39 is 6.10 Å². The predicted molar refractivity (Wildman–Crippen MR) is 87.5 cm³/mol. The Morgan fingerprint density at radius 2 is 2.17 bits per heavy atom. The molecule has 2 fully saturated rings. The molecule has 0 N–H and O–H groups in total. The fraction of sp³-hybridized carbons (Fsp3) is 0.611. The molecule has 2 atom stereocenters. The van der Waals surface area contributed by atoms with E-state index in [1.165, 1.54) is 6.07 Å². The summed E-state index contributed by atoms with van der Waals surface area (Å²) in [5, 5.41) is 0. The van der Waals surface area contributed by atoms with E-state index in [2.05, 4.69) is 4.90 Å². The molecule has 0 radical (unpaired) electrons. The summed E-state index contributed by atoms with van der Waals surface area (Å²) in [6.07, 6.45) is 1.37. The van der Waals surface area contributed by atoms with Crippen molar-refractivity contribution in [3.8, 4) is 0 Å². The first-order valence-electron chi connectivity index (χ1n) is 8.57. The van der Waals surface area contributed by atoms with Crippen LogP contribution >= 0.6 is 0 Å². The highest BCUT2D eigenvalue weighted by Crippen LogP contribution is 2.32. The third-order valence-electron chi connectivity index (χ3n) is 4.51. The Labute approximate surface area is 141 Å². The minimum Gasteiger partial charge on any atom is -0.458 e. The van der Waals surface area contributed by atoms with Crippen molar-refractivity contribution in [3.63, 3.8) is 0 Å². The van der Waals surface area contributed by atoms with Crippen molar-refractivity contribution in [2.24, 2.45) is 0 Å². The molecular weight excluding hydrogens is 313 g/mol. The molecule has 132 valence electrons. The molecule has 2 saturated heterocycles. The summed E-state index contributed by atoms with van der Waals surface area (Å²) in [5.41, 5.74) is 1.20. The van der Waals surface area contributed by atoms with Crippen molar-refractivity contribution in [1.82, 2.24) is 0 Å². The van der Waals surface area contributed by atoms with Gasteiger partial charge in [0.25, 0.3) is 0 Å². The maximum atomic E-state index is 14.4. The lowest BCUT2D eigenvalue weighted by atomic mass is 10.1. The van der Waals surface area contributed by atoms with Crippen LogP contribution in [-0.2, 0) is 19.0 Å². The number of anilines is 1. The van der Waals surface area contributed by atoms with E-state index in [1.807, 2.05) is 6.07 Å². The van der Waals surface area contributed by atoms with E-state index in [9.17, 15) is 9.18 Å². The van der Waals surface area contributed by atoms with Gasteiger partial charge in [0.1, 0.15) is 11.9 Å². The Kier molecular flexibility index (Phi) is 5.68. The Balaban J connectivity index is 1.70. The Bertz CT molecular complexity index is 568. The average molecular weight is 337 g/mol. The standard InChI is InChI=1S/C18H24FNO4/c1-13(24-17(21)12-14-4-3-9-23-14)18-15(19)5-2-6-16(18)20-7-10-22-11-8-20/h2,5-6,13-14H,3-4,7-12H2,1H3/t13-,14-/m0/s1. The third kappa shape index (κ3) is 4.05. The lowest BCUT2D eigenvalue weighted by molar-refractivity contribution is -0.151. The predicted octanol–water partition coefficient (Wildman–Crippen LogP) is 2.84. The summed E-state index contributed by atoms with van der Waals surface area (Å²) in [6, 6.07) is 4.96. The number of esters is 1. The van der Waals surface area contributed by atoms with Crippen molar-refractivity contribution in [2.45, 2.75) is 38.4 Å². The van der Waals surface area contributed by atoms with Gasteiger partial charge < -0.3 is 19.1 Å². The lowest BCUT2D eigenvalue weighted by Crippen LogP contribution is -2.37. The second-order valence-electron chi connectivity index (χ2n) is 6.24. The van der Waals surface area contributed by atoms with Gasteiger partial charge in [0.2, 0.25) is 0 Å². The molecule has 0 aliphatic carbocycles. The van der Waals surface area contributed by atoms with Gasteiger partial charge in [-0.05, 0) is 31.9 Å². The summed E-state index contributed by atoms with van der Waals surface area (Å²) in [7, 11) is 0. The van der Waals surface area contributed by atoms with Crippen molar-refractivity contribution in [1.29, 1.82) is 0 Å².